The summed E-state index contributed by atoms with van der Waals surface area (Å²) in [5.74, 6) is 0.758. The average molecular weight is 424 g/mol. The molecular formula is C18H22BrN3O2S. The van der Waals surface area contributed by atoms with Gasteiger partial charge in [0.1, 0.15) is 5.82 Å². The summed E-state index contributed by atoms with van der Waals surface area (Å²) in [7, 11) is -3.45. The lowest BCUT2D eigenvalue weighted by molar-refractivity contribution is 0.346. The van der Waals surface area contributed by atoms with Crippen molar-refractivity contribution < 1.29 is 8.42 Å². The van der Waals surface area contributed by atoms with E-state index < -0.39 is 10.0 Å². The number of pyridine rings is 1. The molecule has 0 radical (unpaired) electrons. The lowest BCUT2D eigenvalue weighted by Crippen LogP contribution is -2.36. The monoisotopic (exact) mass is 423 g/mol. The van der Waals surface area contributed by atoms with Gasteiger partial charge in [-0.25, -0.2) is 13.4 Å². The number of aryl methyl sites for hydroxylation is 1. The zero-order valence-electron chi connectivity index (χ0n) is 14.2. The normalized spacial score (nSPS) is 15.9. The first-order valence-corrected chi connectivity index (χ1v) is 10.7. The van der Waals surface area contributed by atoms with Crippen molar-refractivity contribution >= 4 is 31.8 Å². The zero-order valence-corrected chi connectivity index (χ0v) is 16.6. The van der Waals surface area contributed by atoms with Gasteiger partial charge in [0.25, 0.3) is 0 Å². The van der Waals surface area contributed by atoms with Gasteiger partial charge in [0.05, 0.1) is 4.90 Å². The van der Waals surface area contributed by atoms with Crippen LogP contribution in [0.25, 0.3) is 0 Å². The first-order valence-electron chi connectivity index (χ1n) is 8.42. The summed E-state index contributed by atoms with van der Waals surface area (Å²) in [5.41, 5.74) is 1.77. The van der Waals surface area contributed by atoms with Crippen LogP contribution < -0.4 is 5.32 Å². The largest absolute Gasteiger partial charge is 0.366 e. The van der Waals surface area contributed by atoms with Crippen LogP contribution in [-0.4, -0.2) is 30.8 Å². The molecule has 1 aliphatic heterocycles. The predicted molar refractivity (Wildman–Crippen MR) is 103 cm³/mol. The van der Waals surface area contributed by atoms with Crippen LogP contribution >= 0.6 is 15.9 Å². The molecule has 0 aliphatic carbocycles. The Morgan fingerprint density at radius 2 is 1.92 bits per heavy atom. The Kier molecular flexibility index (Phi) is 5.76. The predicted octanol–water partition coefficient (Wildman–Crippen LogP) is 3.94. The maximum atomic E-state index is 13.0. The van der Waals surface area contributed by atoms with Gasteiger partial charge in [-0.1, -0.05) is 24.6 Å². The van der Waals surface area contributed by atoms with Crippen molar-refractivity contribution in [2.45, 2.75) is 37.6 Å². The summed E-state index contributed by atoms with van der Waals surface area (Å²) in [5, 5.41) is 3.26. The second-order valence-corrected chi connectivity index (χ2v) is 9.07. The minimum atomic E-state index is -3.45. The van der Waals surface area contributed by atoms with Gasteiger partial charge in [0.2, 0.25) is 10.0 Å². The minimum absolute atomic E-state index is 0.388. The van der Waals surface area contributed by atoms with Gasteiger partial charge in [-0.15, -0.1) is 0 Å². The molecule has 0 spiro atoms. The minimum Gasteiger partial charge on any atom is -0.366 e. The molecule has 5 nitrogen and oxygen atoms in total. The first-order chi connectivity index (χ1) is 12.0. The van der Waals surface area contributed by atoms with Crippen LogP contribution in [0.2, 0.25) is 0 Å². The van der Waals surface area contributed by atoms with Crippen LogP contribution in [0.1, 0.15) is 30.4 Å². The average Bonchev–Trinajstić information content (AvgIpc) is 2.62. The molecular weight excluding hydrogens is 402 g/mol. The quantitative estimate of drug-likeness (QED) is 0.790. The van der Waals surface area contributed by atoms with Gasteiger partial charge in [-0.3, -0.25) is 0 Å². The topological polar surface area (TPSA) is 62.3 Å². The van der Waals surface area contributed by atoms with Crippen molar-refractivity contribution in [2.75, 3.05) is 18.4 Å². The van der Waals surface area contributed by atoms with Gasteiger partial charge in [-0.05, 0) is 59.0 Å². The number of halogens is 1. The Bertz CT molecular complexity index is 849. The number of aromatic nitrogens is 1. The number of sulfonamides is 1. The summed E-state index contributed by atoms with van der Waals surface area (Å²) in [4.78, 5) is 4.74. The van der Waals surface area contributed by atoms with Crippen molar-refractivity contribution in [2.24, 2.45) is 0 Å². The van der Waals surface area contributed by atoms with E-state index in [2.05, 4.69) is 26.2 Å². The molecule has 2 heterocycles. The number of hydrogen-bond acceptors (Lipinski definition) is 4. The van der Waals surface area contributed by atoms with Crippen LogP contribution in [0.3, 0.4) is 0 Å². The van der Waals surface area contributed by atoms with Gasteiger partial charge in [-0.2, -0.15) is 4.31 Å². The van der Waals surface area contributed by atoms with Crippen molar-refractivity contribution in [3.63, 3.8) is 0 Å². The van der Waals surface area contributed by atoms with E-state index in [1.165, 1.54) is 0 Å². The van der Waals surface area contributed by atoms with Gasteiger partial charge >= 0.3 is 0 Å². The molecule has 134 valence electrons. The Morgan fingerprint density at radius 1 is 1.20 bits per heavy atom. The SMILES string of the molecule is Cc1cc(Br)cnc1NCc1ccccc1S(=O)(=O)N1CCCCC1. The van der Waals surface area contributed by atoms with Crippen molar-refractivity contribution in [3.8, 4) is 0 Å². The van der Waals surface area contributed by atoms with E-state index in [0.717, 1.165) is 40.7 Å². The third-order valence-corrected chi connectivity index (χ3v) is 6.83. The summed E-state index contributed by atoms with van der Waals surface area (Å²) < 4.78 is 28.5. The molecule has 7 heteroatoms. The van der Waals surface area contributed by atoms with E-state index in [0.29, 0.717) is 24.5 Å². The number of nitrogens with zero attached hydrogens (tertiary/aromatic N) is 2. The Hall–Kier alpha value is -1.44. The Labute approximate surface area is 157 Å². The summed E-state index contributed by atoms with van der Waals surface area (Å²) in [6.45, 7) is 3.60. The molecule has 3 rings (SSSR count). The van der Waals surface area contributed by atoms with Crippen LogP contribution in [0.15, 0.2) is 45.9 Å². The Balaban J connectivity index is 1.83. The standard InChI is InChI=1S/C18H22BrN3O2S/c1-14-11-16(19)13-21-18(14)20-12-15-7-3-4-8-17(15)25(23,24)22-9-5-2-6-10-22/h3-4,7-8,11,13H,2,5-6,9-10,12H2,1H3,(H,20,21). The molecule has 0 bridgehead atoms. The van der Waals surface area contributed by atoms with E-state index in [9.17, 15) is 8.42 Å². The highest BCUT2D eigenvalue weighted by Crippen LogP contribution is 2.25. The van der Waals surface area contributed by atoms with E-state index in [1.54, 1.807) is 22.6 Å². The van der Waals surface area contributed by atoms with E-state index in [-0.39, 0.29) is 0 Å². The lowest BCUT2D eigenvalue weighted by Gasteiger charge is -2.27. The lowest BCUT2D eigenvalue weighted by atomic mass is 10.2. The number of benzene rings is 1. The van der Waals surface area contributed by atoms with Crippen molar-refractivity contribution in [3.05, 3.63) is 52.1 Å². The summed E-state index contributed by atoms with van der Waals surface area (Å²) >= 11 is 3.40. The molecule has 0 unspecified atom stereocenters. The van der Waals surface area contributed by atoms with E-state index >= 15 is 0 Å². The second kappa shape index (κ2) is 7.85. The number of rotatable bonds is 5. The van der Waals surface area contributed by atoms with E-state index in [4.69, 9.17) is 0 Å². The highest BCUT2D eigenvalue weighted by atomic mass is 79.9. The fourth-order valence-corrected chi connectivity index (χ4v) is 5.24. The van der Waals surface area contributed by atoms with Crippen LogP contribution in [0, 0.1) is 6.92 Å². The molecule has 1 aromatic heterocycles. The van der Waals surface area contributed by atoms with Gasteiger partial charge < -0.3 is 5.32 Å². The number of piperidine rings is 1. The van der Waals surface area contributed by atoms with Crippen molar-refractivity contribution in [1.29, 1.82) is 0 Å². The third kappa shape index (κ3) is 4.22. The van der Waals surface area contributed by atoms with Gasteiger partial charge in [0, 0.05) is 30.3 Å². The van der Waals surface area contributed by atoms with Crippen LogP contribution in [0.5, 0.6) is 0 Å². The highest BCUT2D eigenvalue weighted by molar-refractivity contribution is 9.10. The fraction of sp³-hybridized carbons (Fsp3) is 0.389. The first kappa shape index (κ1) is 18.4. The van der Waals surface area contributed by atoms with Crippen LogP contribution in [0.4, 0.5) is 5.82 Å². The number of hydrogen-bond donors (Lipinski definition) is 1. The molecule has 2 aromatic rings. The third-order valence-electron chi connectivity index (χ3n) is 4.40. The number of anilines is 1. The molecule has 1 aromatic carbocycles. The molecule has 25 heavy (non-hydrogen) atoms. The smallest absolute Gasteiger partial charge is 0.243 e. The van der Waals surface area contributed by atoms with E-state index in [1.807, 2.05) is 25.1 Å². The maximum absolute atomic E-state index is 13.0. The molecule has 0 amide bonds. The molecule has 0 atom stereocenters. The fourth-order valence-electron chi connectivity index (χ4n) is 3.05. The van der Waals surface area contributed by atoms with Crippen LogP contribution in [-0.2, 0) is 16.6 Å². The summed E-state index contributed by atoms with van der Waals surface area (Å²) in [6, 6.07) is 9.18. The molecule has 1 N–H and O–H groups in total. The Morgan fingerprint density at radius 3 is 2.64 bits per heavy atom. The maximum Gasteiger partial charge on any atom is 0.243 e. The molecule has 0 saturated carbocycles. The highest BCUT2D eigenvalue weighted by Gasteiger charge is 2.27. The second-order valence-electron chi connectivity index (χ2n) is 6.25. The summed E-state index contributed by atoms with van der Waals surface area (Å²) in [6.07, 6.45) is 4.69. The van der Waals surface area contributed by atoms with Gasteiger partial charge in [0.15, 0.2) is 0 Å². The molecule has 1 fully saturated rings. The zero-order chi connectivity index (χ0) is 17.9. The number of nitrogens with one attached hydrogen (secondary N) is 1. The van der Waals surface area contributed by atoms with Crippen molar-refractivity contribution in [1.82, 2.24) is 9.29 Å². The molecule has 1 aliphatic rings. The molecule has 1 saturated heterocycles.